The molecule has 1 aromatic carbocycles. The zero-order chi connectivity index (χ0) is 20.6. The molecular formula is C23H27Cl2N3O. The number of hydrogen-bond acceptors (Lipinski definition) is 4. The Kier molecular flexibility index (Phi) is 5.87. The third-order valence-electron chi connectivity index (χ3n) is 6.17. The Balaban J connectivity index is 1.36. The average Bonchev–Trinajstić information content (AvgIpc) is 2.64. The largest absolute Gasteiger partial charge is 0.370 e. The van der Waals surface area contributed by atoms with Crippen molar-refractivity contribution in [1.82, 2.24) is 9.88 Å². The molecule has 1 atom stereocenters. The van der Waals surface area contributed by atoms with E-state index in [0.29, 0.717) is 21.0 Å². The first-order chi connectivity index (χ1) is 13.8. The molecule has 0 bridgehead atoms. The summed E-state index contributed by atoms with van der Waals surface area (Å²) in [7, 11) is 0. The molecule has 2 aromatic rings. The maximum atomic E-state index is 12.9. The Morgan fingerprint density at radius 1 is 1.17 bits per heavy atom. The van der Waals surface area contributed by atoms with Gasteiger partial charge in [-0.25, -0.2) is 0 Å². The van der Waals surface area contributed by atoms with Crippen molar-refractivity contribution in [3.8, 4) is 0 Å². The van der Waals surface area contributed by atoms with Gasteiger partial charge in [0.25, 0.3) is 0 Å². The molecule has 0 saturated carbocycles. The van der Waals surface area contributed by atoms with Crippen LogP contribution in [0.4, 0.5) is 5.69 Å². The van der Waals surface area contributed by atoms with Crippen molar-refractivity contribution in [2.45, 2.75) is 26.7 Å². The second-order valence-electron chi connectivity index (χ2n) is 8.77. The fraction of sp³-hybridized carbons (Fsp3) is 0.478. The van der Waals surface area contributed by atoms with E-state index in [1.54, 1.807) is 18.2 Å². The van der Waals surface area contributed by atoms with Crippen molar-refractivity contribution in [3.05, 3.63) is 57.8 Å². The highest BCUT2D eigenvalue weighted by atomic mass is 35.5. The number of pyridine rings is 1. The minimum absolute atomic E-state index is 0.0845. The molecule has 4 nitrogen and oxygen atoms in total. The van der Waals surface area contributed by atoms with E-state index in [2.05, 4.69) is 26.9 Å². The molecule has 2 aliphatic rings. The summed E-state index contributed by atoms with van der Waals surface area (Å²) in [4.78, 5) is 22.1. The molecule has 0 N–H and O–H groups in total. The Hall–Kier alpha value is -1.62. The van der Waals surface area contributed by atoms with Gasteiger partial charge in [-0.2, -0.15) is 0 Å². The first-order valence-corrected chi connectivity index (χ1v) is 11.0. The number of halogens is 2. The Labute approximate surface area is 182 Å². The van der Waals surface area contributed by atoms with E-state index in [1.807, 2.05) is 20.0 Å². The standard InChI is InChI=1S/C23H27Cl2N3O/c1-16(22(29)18-9-19(24)11-20(25)10-18)12-27-7-3-5-23(13-27)14-28(15-23)21-4-6-26-17(2)8-21/h4,6,8-11,16H,3,5,7,12-15H2,1-2H3. The van der Waals surface area contributed by atoms with Crippen molar-refractivity contribution in [1.29, 1.82) is 0 Å². The second-order valence-corrected chi connectivity index (χ2v) is 9.65. The zero-order valence-corrected chi connectivity index (χ0v) is 18.5. The van der Waals surface area contributed by atoms with Crippen LogP contribution in [-0.2, 0) is 0 Å². The van der Waals surface area contributed by atoms with E-state index >= 15 is 0 Å². The van der Waals surface area contributed by atoms with E-state index in [0.717, 1.165) is 38.4 Å². The van der Waals surface area contributed by atoms with Gasteiger partial charge in [-0.15, -0.1) is 0 Å². The number of rotatable bonds is 5. The number of aromatic nitrogens is 1. The number of hydrogen-bond donors (Lipinski definition) is 0. The number of ketones is 1. The van der Waals surface area contributed by atoms with E-state index < -0.39 is 0 Å². The number of nitrogens with zero attached hydrogens (tertiary/aromatic N) is 3. The third kappa shape index (κ3) is 4.60. The molecule has 0 radical (unpaired) electrons. The normalized spacial score (nSPS) is 19.8. The number of anilines is 1. The van der Waals surface area contributed by atoms with Crippen LogP contribution in [0.3, 0.4) is 0 Å². The summed E-state index contributed by atoms with van der Waals surface area (Å²) in [5.74, 6) is 0.0234. The van der Waals surface area contributed by atoms with Crippen LogP contribution in [0.5, 0.6) is 0 Å². The van der Waals surface area contributed by atoms with Crippen LogP contribution in [0.2, 0.25) is 10.0 Å². The number of aryl methyl sites for hydroxylation is 1. The van der Waals surface area contributed by atoms with Crippen molar-refractivity contribution in [2.75, 3.05) is 37.6 Å². The highest BCUT2D eigenvalue weighted by molar-refractivity contribution is 6.35. The summed E-state index contributed by atoms with van der Waals surface area (Å²) >= 11 is 12.1. The average molecular weight is 432 g/mol. The minimum atomic E-state index is -0.0845. The molecule has 2 aliphatic heterocycles. The summed E-state index contributed by atoms with van der Waals surface area (Å²) in [6.45, 7) is 9.10. The predicted octanol–water partition coefficient (Wildman–Crippen LogP) is 5.12. The summed E-state index contributed by atoms with van der Waals surface area (Å²) < 4.78 is 0. The lowest BCUT2D eigenvalue weighted by molar-refractivity contribution is 0.0505. The number of benzene rings is 1. The smallest absolute Gasteiger partial charge is 0.167 e. The van der Waals surface area contributed by atoms with Gasteiger partial charge in [0.05, 0.1) is 0 Å². The van der Waals surface area contributed by atoms with E-state index in [-0.39, 0.29) is 11.7 Å². The first kappa shape index (κ1) is 20.6. The molecule has 1 spiro atoms. The Morgan fingerprint density at radius 3 is 2.59 bits per heavy atom. The molecule has 6 heteroatoms. The molecule has 0 aliphatic carbocycles. The van der Waals surface area contributed by atoms with Crippen molar-refractivity contribution >= 4 is 34.7 Å². The highest BCUT2D eigenvalue weighted by Gasteiger charge is 2.45. The SMILES string of the molecule is Cc1cc(N2CC3(CCCN(CC(C)C(=O)c4cc(Cl)cc(Cl)c4)C3)C2)ccn1. The van der Waals surface area contributed by atoms with Crippen LogP contribution in [0.1, 0.15) is 35.8 Å². The molecule has 2 saturated heterocycles. The Morgan fingerprint density at radius 2 is 1.90 bits per heavy atom. The number of likely N-dealkylation sites (tertiary alicyclic amines) is 1. The molecule has 0 amide bonds. The third-order valence-corrected chi connectivity index (χ3v) is 6.60. The first-order valence-electron chi connectivity index (χ1n) is 10.2. The highest BCUT2D eigenvalue weighted by Crippen LogP contribution is 2.41. The molecule has 29 heavy (non-hydrogen) atoms. The molecule has 1 unspecified atom stereocenters. The lowest BCUT2D eigenvalue weighted by Gasteiger charge is -2.56. The lowest BCUT2D eigenvalue weighted by Crippen LogP contribution is -2.63. The molecule has 1 aromatic heterocycles. The second kappa shape index (κ2) is 8.25. The summed E-state index contributed by atoms with van der Waals surface area (Å²) in [5.41, 5.74) is 3.27. The predicted molar refractivity (Wildman–Crippen MR) is 119 cm³/mol. The minimum Gasteiger partial charge on any atom is -0.370 e. The Bertz CT molecular complexity index is 890. The number of carbonyl (C=O) groups excluding carboxylic acids is 1. The van der Waals surface area contributed by atoms with Gasteiger partial charge >= 0.3 is 0 Å². The van der Waals surface area contributed by atoms with Gasteiger partial charge in [0.15, 0.2) is 5.78 Å². The number of piperidine rings is 1. The molecule has 3 heterocycles. The van der Waals surface area contributed by atoms with Gasteiger partial charge < -0.3 is 9.80 Å². The van der Waals surface area contributed by atoms with Gasteiger partial charge in [-0.3, -0.25) is 9.78 Å². The fourth-order valence-corrected chi connectivity index (χ4v) is 5.37. The lowest BCUT2D eigenvalue weighted by atomic mass is 9.73. The number of carbonyl (C=O) groups is 1. The van der Waals surface area contributed by atoms with Crippen LogP contribution in [0.15, 0.2) is 36.5 Å². The molecule has 154 valence electrons. The zero-order valence-electron chi connectivity index (χ0n) is 17.0. The monoisotopic (exact) mass is 431 g/mol. The van der Waals surface area contributed by atoms with E-state index in [4.69, 9.17) is 23.2 Å². The quantitative estimate of drug-likeness (QED) is 0.615. The van der Waals surface area contributed by atoms with Gasteiger partial charge in [0, 0.05) is 70.7 Å². The maximum absolute atomic E-state index is 12.9. The molecule has 4 rings (SSSR count). The van der Waals surface area contributed by atoms with Crippen LogP contribution in [-0.4, -0.2) is 48.4 Å². The van der Waals surface area contributed by atoms with Crippen LogP contribution >= 0.6 is 23.2 Å². The van der Waals surface area contributed by atoms with Crippen LogP contribution < -0.4 is 4.90 Å². The summed E-state index contributed by atoms with van der Waals surface area (Å²) in [6, 6.07) is 9.34. The fourth-order valence-electron chi connectivity index (χ4n) is 4.85. The van der Waals surface area contributed by atoms with Gasteiger partial charge in [0.1, 0.15) is 0 Å². The van der Waals surface area contributed by atoms with Crippen molar-refractivity contribution < 1.29 is 4.79 Å². The van der Waals surface area contributed by atoms with E-state index in [9.17, 15) is 4.79 Å². The van der Waals surface area contributed by atoms with Crippen LogP contribution in [0, 0.1) is 18.3 Å². The molecular weight excluding hydrogens is 405 g/mol. The van der Waals surface area contributed by atoms with Crippen molar-refractivity contribution in [3.63, 3.8) is 0 Å². The topological polar surface area (TPSA) is 36.4 Å². The summed E-state index contributed by atoms with van der Waals surface area (Å²) in [5, 5.41) is 1.01. The van der Waals surface area contributed by atoms with Crippen molar-refractivity contribution in [2.24, 2.45) is 11.3 Å². The maximum Gasteiger partial charge on any atom is 0.167 e. The summed E-state index contributed by atoms with van der Waals surface area (Å²) in [6.07, 6.45) is 4.33. The van der Waals surface area contributed by atoms with E-state index in [1.165, 1.54) is 18.5 Å². The molecule has 2 fully saturated rings. The van der Waals surface area contributed by atoms with Crippen LogP contribution in [0.25, 0.3) is 0 Å². The van der Waals surface area contributed by atoms with Gasteiger partial charge in [0.2, 0.25) is 0 Å². The number of Topliss-reactive ketones (excluding diaryl/α,β-unsaturated/α-hetero) is 1. The van der Waals surface area contributed by atoms with Gasteiger partial charge in [-0.1, -0.05) is 30.1 Å². The van der Waals surface area contributed by atoms with Gasteiger partial charge in [-0.05, 0) is 56.6 Å².